The van der Waals surface area contributed by atoms with Gasteiger partial charge in [0.2, 0.25) is 0 Å². The first-order chi connectivity index (χ1) is 5.59. The van der Waals surface area contributed by atoms with E-state index in [0.717, 1.165) is 0 Å². The molecule has 0 aliphatic heterocycles. The van der Waals surface area contributed by atoms with E-state index in [4.69, 9.17) is 0 Å². The first kappa shape index (κ1) is 11.3. The van der Waals surface area contributed by atoms with Gasteiger partial charge >= 0.3 is 0 Å². The van der Waals surface area contributed by atoms with Crippen LogP contribution in [0.15, 0.2) is 12.2 Å². The Kier molecular flexibility index (Phi) is 5.49. The van der Waals surface area contributed by atoms with Gasteiger partial charge in [-0.2, -0.15) is 0 Å². The minimum atomic E-state index is -0.264. The summed E-state index contributed by atoms with van der Waals surface area (Å²) in [6, 6.07) is 0. The number of aliphatic hydroxyl groups is 1. The van der Waals surface area contributed by atoms with E-state index in [1.54, 1.807) is 13.0 Å². The second kappa shape index (κ2) is 5.85. The zero-order valence-electron chi connectivity index (χ0n) is 8.33. The zero-order chi connectivity index (χ0) is 9.56. The fraction of sp³-hybridized carbons (Fsp3) is 0.636. The second-order valence-electron chi connectivity index (χ2n) is 3.35. The lowest BCUT2D eigenvalue weighted by atomic mass is 9.95. The molecule has 1 nitrogen and oxygen atoms in total. The molecule has 12 heavy (non-hydrogen) atoms. The van der Waals surface area contributed by atoms with E-state index in [1.165, 1.54) is 0 Å². The molecule has 1 heteroatoms. The molecule has 0 radical (unpaired) electrons. The molecule has 68 valence electrons. The van der Waals surface area contributed by atoms with Crippen LogP contribution in [0.4, 0.5) is 0 Å². The Balaban J connectivity index is 3.99. The van der Waals surface area contributed by atoms with Crippen molar-refractivity contribution >= 4 is 0 Å². The van der Waals surface area contributed by atoms with Crippen LogP contribution < -0.4 is 0 Å². The molecular weight excluding hydrogens is 148 g/mol. The Labute approximate surface area is 75.5 Å². The highest BCUT2D eigenvalue weighted by Crippen LogP contribution is 2.12. The van der Waals surface area contributed by atoms with Gasteiger partial charge in [0.1, 0.15) is 0 Å². The van der Waals surface area contributed by atoms with Crippen molar-refractivity contribution in [3.05, 3.63) is 12.2 Å². The average molecular weight is 166 g/mol. The summed E-state index contributed by atoms with van der Waals surface area (Å²) in [5.74, 6) is 6.09. The monoisotopic (exact) mass is 166 g/mol. The van der Waals surface area contributed by atoms with Crippen molar-refractivity contribution in [2.45, 2.75) is 33.8 Å². The fourth-order valence-corrected chi connectivity index (χ4v) is 1.00. The van der Waals surface area contributed by atoms with E-state index in [2.05, 4.69) is 11.8 Å². The fourth-order valence-electron chi connectivity index (χ4n) is 1.00. The molecule has 0 aromatic carbocycles. The third-order valence-corrected chi connectivity index (χ3v) is 1.85. The molecule has 0 aromatic rings. The molecule has 0 aliphatic carbocycles. The van der Waals surface area contributed by atoms with Crippen LogP contribution >= 0.6 is 0 Å². The van der Waals surface area contributed by atoms with Gasteiger partial charge in [0.15, 0.2) is 0 Å². The Bertz CT molecular complexity index is 193. The lowest BCUT2D eigenvalue weighted by Crippen LogP contribution is -2.21. The summed E-state index contributed by atoms with van der Waals surface area (Å²) in [6.45, 7) is 7.83. The smallest absolute Gasteiger partial charge is 0.0623 e. The minimum absolute atomic E-state index is 0.186. The van der Waals surface area contributed by atoms with Crippen LogP contribution in [0.2, 0.25) is 0 Å². The highest BCUT2D eigenvalue weighted by atomic mass is 16.3. The van der Waals surface area contributed by atoms with Gasteiger partial charge < -0.3 is 5.11 Å². The molecule has 1 N–H and O–H groups in total. The highest BCUT2D eigenvalue weighted by Gasteiger charge is 2.14. The van der Waals surface area contributed by atoms with Crippen LogP contribution in [0.3, 0.4) is 0 Å². The molecule has 0 bridgehead atoms. The maximum Gasteiger partial charge on any atom is 0.0623 e. The quantitative estimate of drug-likeness (QED) is 0.637. The van der Waals surface area contributed by atoms with Gasteiger partial charge in [-0.25, -0.2) is 0 Å². The Morgan fingerprint density at radius 1 is 1.25 bits per heavy atom. The van der Waals surface area contributed by atoms with Crippen LogP contribution in [0.5, 0.6) is 0 Å². The van der Waals surface area contributed by atoms with E-state index in [1.807, 2.05) is 26.8 Å². The molecule has 0 fully saturated rings. The summed E-state index contributed by atoms with van der Waals surface area (Å²) in [5.41, 5.74) is 0. The molecule has 0 rings (SSSR count). The first-order valence-corrected chi connectivity index (χ1v) is 4.36. The van der Waals surface area contributed by atoms with Crippen molar-refractivity contribution < 1.29 is 5.11 Å². The molecule has 2 atom stereocenters. The summed E-state index contributed by atoms with van der Waals surface area (Å²) in [4.78, 5) is 0. The van der Waals surface area contributed by atoms with Crippen LogP contribution in [0, 0.1) is 23.7 Å². The van der Waals surface area contributed by atoms with Gasteiger partial charge in [-0.05, 0) is 18.9 Å². The van der Waals surface area contributed by atoms with Gasteiger partial charge in [-0.15, -0.1) is 5.92 Å². The predicted molar refractivity (Wildman–Crippen MR) is 52.6 cm³/mol. The molecule has 0 aliphatic rings. The van der Waals surface area contributed by atoms with E-state index in [0.29, 0.717) is 5.92 Å². The Morgan fingerprint density at radius 2 is 1.83 bits per heavy atom. The molecule has 0 saturated carbocycles. The summed E-state index contributed by atoms with van der Waals surface area (Å²) in [5, 5.41) is 9.59. The SMILES string of the molecule is CC#C/C=C/[C@@H](C)[C@@H](O)C(C)C. The first-order valence-electron chi connectivity index (χ1n) is 4.36. The summed E-state index contributed by atoms with van der Waals surface area (Å²) in [7, 11) is 0. The summed E-state index contributed by atoms with van der Waals surface area (Å²) >= 11 is 0. The van der Waals surface area contributed by atoms with E-state index < -0.39 is 0 Å². The van der Waals surface area contributed by atoms with Crippen LogP contribution in [0.25, 0.3) is 0 Å². The van der Waals surface area contributed by atoms with Crippen LogP contribution in [-0.4, -0.2) is 11.2 Å². The number of allylic oxidation sites excluding steroid dienone is 1. The normalized spacial score (nSPS) is 15.8. The van der Waals surface area contributed by atoms with Gasteiger partial charge in [-0.3, -0.25) is 0 Å². The van der Waals surface area contributed by atoms with Gasteiger partial charge in [0.05, 0.1) is 6.10 Å². The van der Waals surface area contributed by atoms with Crippen LogP contribution in [-0.2, 0) is 0 Å². The zero-order valence-corrected chi connectivity index (χ0v) is 8.33. The van der Waals surface area contributed by atoms with Crippen molar-refractivity contribution in [2.75, 3.05) is 0 Å². The molecule has 0 spiro atoms. The topological polar surface area (TPSA) is 20.2 Å². The second-order valence-corrected chi connectivity index (χ2v) is 3.35. The average Bonchev–Trinajstić information content (AvgIpc) is 2.03. The standard InChI is InChI=1S/C11H18O/c1-5-6-7-8-10(4)11(12)9(2)3/h7-12H,1-4H3/b8-7+/t10-,11+/m1/s1. The molecular formula is C11H18O. The van der Waals surface area contributed by atoms with Gasteiger partial charge in [0, 0.05) is 5.92 Å². The molecule has 0 heterocycles. The number of hydrogen-bond acceptors (Lipinski definition) is 1. The predicted octanol–water partition coefficient (Wildman–Crippen LogP) is 2.22. The van der Waals surface area contributed by atoms with E-state index in [9.17, 15) is 5.11 Å². The molecule has 0 unspecified atom stereocenters. The van der Waals surface area contributed by atoms with Crippen molar-refractivity contribution in [3.8, 4) is 11.8 Å². The minimum Gasteiger partial charge on any atom is -0.392 e. The van der Waals surface area contributed by atoms with Crippen molar-refractivity contribution in [2.24, 2.45) is 11.8 Å². The number of aliphatic hydroxyl groups excluding tert-OH is 1. The maximum absolute atomic E-state index is 9.59. The summed E-state index contributed by atoms with van der Waals surface area (Å²) < 4.78 is 0. The van der Waals surface area contributed by atoms with Crippen molar-refractivity contribution in [1.82, 2.24) is 0 Å². The lowest BCUT2D eigenvalue weighted by Gasteiger charge is -2.18. The molecule has 0 amide bonds. The lowest BCUT2D eigenvalue weighted by molar-refractivity contribution is 0.0911. The van der Waals surface area contributed by atoms with Crippen LogP contribution in [0.1, 0.15) is 27.7 Å². The highest BCUT2D eigenvalue weighted by molar-refractivity contribution is 5.14. The number of rotatable bonds is 3. The third kappa shape index (κ3) is 4.20. The van der Waals surface area contributed by atoms with Crippen molar-refractivity contribution in [1.29, 1.82) is 0 Å². The largest absolute Gasteiger partial charge is 0.392 e. The van der Waals surface area contributed by atoms with E-state index >= 15 is 0 Å². The van der Waals surface area contributed by atoms with Gasteiger partial charge in [-0.1, -0.05) is 32.8 Å². The van der Waals surface area contributed by atoms with Gasteiger partial charge in [0.25, 0.3) is 0 Å². The maximum atomic E-state index is 9.59. The van der Waals surface area contributed by atoms with Crippen molar-refractivity contribution in [3.63, 3.8) is 0 Å². The summed E-state index contributed by atoms with van der Waals surface area (Å²) in [6.07, 6.45) is 3.48. The Hall–Kier alpha value is -0.740. The molecule has 0 aromatic heterocycles. The number of hydrogen-bond donors (Lipinski definition) is 1. The Morgan fingerprint density at radius 3 is 2.25 bits per heavy atom. The third-order valence-electron chi connectivity index (χ3n) is 1.85. The molecule has 0 saturated heterocycles. The van der Waals surface area contributed by atoms with E-state index in [-0.39, 0.29) is 12.0 Å².